The monoisotopic (exact) mass is 480 g/mol. The van der Waals surface area contributed by atoms with E-state index in [0.717, 1.165) is 82.3 Å². The SMILES string of the molecule is CCCC1COC(C2CCC(CCc3cc(F)c(-c4ccc(F)c(F)c4)c(Cl)c3)CC2)OC1. The van der Waals surface area contributed by atoms with Gasteiger partial charge >= 0.3 is 0 Å². The number of halogens is 4. The lowest BCUT2D eigenvalue weighted by Crippen LogP contribution is -2.38. The third-order valence-corrected chi connectivity index (χ3v) is 7.42. The molecule has 0 N–H and O–H groups in total. The molecule has 0 radical (unpaired) electrons. The molecule has 0 aromatic heterocycles. The first-order valence-electron chi connectivity index (χ1n) is 12.1. The Morgan fingerprint density at radius 2 is 1.58 bits per heavy atom. The topological polar surface area (TPSA) is 18.5 Å². The molecular weight excluding hydrogens is 449 g/mol. The van der Waals surface area contributed by atoms with E-state index in [2.05, 4.69) is 6.92 Å². The lowest BCUT2D eigenvalue weighted by molar-refractivity contribution is -0.230. The Hall–Kier alpha value is -1.56. The predicted molar refractivity (Wildman–Crippen MR) is 125 cm³/mol. The molecule has 180 valence electrons. The molecule has 1 aliphatic heterocycles. The summed E-state index contributed by atoms with van der Waals surface area (Å²) in [4.78, 5) is 0. The minimum Gasteiger partial charge on any atom is -0.352 e. The Balaban J connectivity index is 1.28. The summed E-state index contributed by atoms with van der Waals surface area (Å²) in [5, 5.41) is 0.215. The van der Waals surface area contributed by atoms with Gasteiger partial charge in [0, 0.05) is 17.4 Å². The van der Waals surface area contributed by atoms with Crippen molar-refractivity contribution < 1.29 is 22.6 Å². The van der Waals surface area contributed by atoms with E-state index in [4.69, 9.17) is 21.1 Å². The van der Waals surface area contributed by atoms with Crippen molar-refractivity contribution in [1.29, 1.82) is 0 Å². The van der Waals surface area contributed by atoms with Gasteiger partial charge in [0.15, 0.2) is 17.9 Å². The van der Waals surface area contributed by atoms with Crippen LogP contribution >= 0.6 is 11.6 Å². The number of hydrogen-bond donors (Lipinski definition) is 0. The van der Waals surface area contributed by atoms with Crippen LogP contribution in [-0.2, 0) is 15.9 Å². The van der Waals surface area contributed by atoms with Crippen LogP contribution in [0.1, 0.15) is 57.4 Å². The summed E-state index contributed by atoms with van der Waals surface area (Å²) < 4.78 is 53.6. The van der Waals surface area contributed by atoms with Gasteiger partial charge in [0.2, 0.25) is 0 Å². The van der Waals surface area contributed by atoms with Gasteiger partial charge in [0.25, 0.3) is 0 Å². The van der Waals surface area contributed by atoms with Gasteiger partial charge in [-0.1, -0.05) is 31.0 Å². The predicted octanol–water partition coefficient (Wildman–Crippen LogP) is 7.95. The van der Waals surface area contributed by atoms with Crippen molar-refractivity contribution in [3.63, 3.8) is 0 Å². The molecule has 2 aliphatic rings. The Morgan fingerprint density at radius 3 is 2.21 bits per heavy atom. The average Bonchev–Trinajstić information content (AvgIpc) is 2.81. The molecule has 1 saturated heterocycles. The third kappa shape index (κ3) is 6.12. The number of ether oxygens (including phenoxy) is 2. The van der Waals surface area contributed by atoms with Gasteiger partial charge < -0.3 is 9.47 Å². The normalized spacial score (nSPS) is 25.8. The summed E-state index contributed by atoms with van der Waals surface area (Å²) in [7, 11) is 0. The zero-order chi connectivity index (χ0) is 23.4. The summed E-state index contributed by atoms with van der Waals surface area (Å²) in [5.41, 5.74) is 1.16. The van der Waals surface area contributed by atoms with Crippen LogP contribution in [0.5, 0.6) is 0 Å². The van der Waals surface area contributed by atoms with Crippen molar-refractivity contribution >= 4 is 11.6 Å². The molecule has 0 atom stereocenters. The molecule has 2 fully saturated rings. The quantitative estimate of drug-likeness (QED) is 0.400. The van der Waals surface area contributed by atoms with Crippen LogP contribution in [0.3, 0.4) is 0 Å². The minimum absolute atomic E-state index is 0.0594. The smallest absolute Gasteiger partial charge is 0.160 e. The lowest BCUT2D eigenvalue weighted by atomic mass is 9.79. The zero-order valence-corrected chi connectivity index (χ0v) is 19.9. The summed E-state index contributed by atoms with van der Waals surface area (Å²) in [6, 6.07) is 6.50. The maximum Gasteiger partial charge on any atom is 0.160 e. The van der Waals surface area contributed by atoms with Crippen LogP contribution in [0.15, 0.2) is 30.3 Å². The molecule has 0 unspecified atom stereocenters. The molecule has 1 aliphatic carbocycles. The first-order valence-corrected chi connectivity index (χ1v) is 12.5. The van der Waals surface area contributed by atoms with E-state index in [1.54, 1.807) is 6.07 Å². The molecule has 2 aromatic rings. The highest BCUT2D eigenvalue weighted by Crippen LogP contribution is 2.37. The van der Waals surface area contributed by atoms with Gasteiger partial charge in [0.05, 0.1) is 18.2 Å². The Bertz CT molecular complexity index is 912. The minimum atomic E-state index is -1.02. The van der Waals surface area contributed by atoms with Crippen molar-refractivity contribution in [3.8, 4) is 11.1 Å². The molecule has 0 amide bonds. The lowest BCUT2D eigenvalue weighted by Gasteiger charge is -2.37. The summed E-state index contributed by atoms with van der Waals surface area (Å²) in [5.74, 6) is -0.920. The van der Waals surface area contributed by atoms with E-state index < -0.39 is 17.5 Å². The van der Waals surface area contributed by atoms with Crippen molar-refractivity contribution in [2.45, 2.75) is 64.6 Å². The fourth-order valence-corrected chi connectivity index (χ4v) is 5.56. The number of aryl methyl sites for hydroxylation is 1. The van der Waals surface area contributed by atoms with Gasteiger partial charge in [-0.3, -0.25) is 0 Å². The number of rotatable bonds is 7. The first-order chi connectivity index (χ1) is 15.9. The van der Waals surface area contributed by atoms with E-state index in [-0.39, 0.29) is 22.4 Å². The van der Waals surface area contributed by atoms with Crippen LogP contribution in [0.2, 0.25) is 5.02 Å². The second kappa shape index (κ2) is 11.2. The second-order valence-corrected chi connectivity index (χ2v) is 9.98. The Morgan fingerprint density at radius 1 is 0.848 bits per heavy atom. The van der Waals surface area contributed by atoms with E-state index in [0.29, 0.717) is 17.8 Å². The first kappa shape index (κ1) is 24.6. The molecule has 2 aromatic carbocycles. The Kier molecular flexibility index (Phi) is 8.37. The van der Waals surface area contributed by atoms with Crippen LogP contribution in [0.25, 0.3) is 11.1 Å². The van der Waals surface area contributed by atoms with Crippen LogP contribution in [-0.4, -0.2) is 19.5 Å². The van der Waals surface area contributed by atoms with Crippen molar-refractivity contribution in [1.82, 2.24) is 0 Å². The molecule has 1 heterocycles. The molecule has 1 saturated carbocycles. The van der Waals surface area contributed by atoms with Gasteiger partial charge in [-0.15, -0.1) is 0 Å². The molecule has 4 rings (SSSR count). The maximum atomic E-state index is 14.8. The van der Waals surface area contributed by atoms with Crippen molar-refractivity contribution in [3.05, 3.63) is 58.4 Å². The highest BCUT2D eigenvalue weighted by molar-refractivity contribution is 6.33. The van der Waals surface area contributed by atoms with Crippen molar-refractivity contribution in [2.24, 2.45) is 17.8 Å². The molecule has 0 bridgehead atoms. The van der Waals surface area contributed by atoms with Crippen LogP contribution in [0, 0.1) is 35.2 Å². The molecule has 0 spiro atoms. The summed E-state index contributed by atoms with van der Waals surface area (Å²) >= 11 is 6.33. The highest BCUT2D eigenvalue weighted by atomic mass is 35.5. The summed E-state index contributed by atoms with van der Waals surface area (Å²) in [6.07, 6.45) is 8.40. The standard InChI is InChI=1S/C27H32ClF3O2/c1-2-3-19-15-32-27(33-16-19)20-8-6-17(7-9-20)4-5-18-12-22(28)26(25(31)13-18)21-10-11-23(29)24(30)14-21/h10-14,17,19-20,27H,2-9,15-16H2,1H3. The van der Waals surface area contributed by atoms with Gasteiger partial charge in [0.1, 0.15) is 5.82 Å². The van der Waals surface area contributed by atoms with E-state index in [1.807, 2.05) is 0 Å². The maximum absolute atomic E-state index is 14.8. The molecule has 2 nitrogen and oxygen atoms in total. The average molecular weight is 481 g/mol. The van der Waals surface area contributed by atoms with Gasteiger partial charge in [-0.2, -0.15) is 0 Å². The molecule has 33 heavy (non-hydrogen) atoms. The number of hydrogen-bond acceptors (Lipinski definition) is 2. The van der Waals surface area contributed by atoms with E-state index in [9.17, 15) is 13.2 Å². The largest absolute Gasteiger partial charge is 0.352 e. The zero-order valence-electron chi connectivity index (χ0n) is 19.1. The van der Waals surface area contributed by atoms with Gasteiger partial charge in [-0.05, 0) is 86.3 Å². The number of benzene rings is 2. The van der Waals surface area contributed by atoms with Gasteiger partial charge in [-0.25, -0.2) is 13.2 Å². The second-order valence-electron chi connectivity index (χ2n) is 9.57. The van der Waals surface area contributed by atoms with E-state index >= 15 is 0 Å². The van der Waals surface area contributed by atoms with Crippen LogP contribution < -0.4 is 0 Å². The fourth-order valence-electron chi connectivity index (χ4n) is 5.22. The molecular formula is C27H32ClF3O2. The molecule has 6 heteroatoms. The highest BCUT2D eigenvalue weighted by Gasteiger charge is 2.32. The van der Waals surface area contributed by atoms with Crippen molar-refractivity contribution in [2.75, 3.05) is 13.2 Å². The summed E-state index contributed by atoms with van der Waals surface area (Å²) in [6.45, 7) is 3.81. The third-order valence-electron chi connectivity index (χ3n) is 7.12. The van der Waals surface area contributed by atoms with Crippen LogP contribution in [0.4, 0.5) is 13.2 Å². The van der Waals surface area contributed by atoms with E-state index in [1.165, 1.54) is 12.1 Å². The fraction of sp³-hybridized carbons (Fsp3) is 0.556. The Labute approximate surface area is 199 Å².